The molecule has 0 aliphatic heterocycles. The largest absolute Gasteiger partial charge is 0.376 e. The van der Waals surface area contributed by atoms with Crippen LogP contribution in [0.2, 0.25) is 10.0 Å². The van der Waals surface area contributed by atoms with Crippen molar-refractivity contribution < 1.29 is 5.11 Å². The van der Waals surface area contributed by atoms with Gasteiger partial charge >= 0.3 is 0 Å². The molecule has 0 radical (unpaired) electrons. The summed E-state index contributed by atoms with van der Waals surface area (Å²) in [6.45, 7) is 3.66. The molecule has 0 fully saturated rings. The second-order valence-electron chi connectivity index (χ2n) is 5.61. The molecule has 24 heavy (non-hydrogen) atoms. The minimum absolute atomic E-state index is 0.468. The average molecular weight is 359 g/mol. The van der Waals surface area contributed by atoms with E-state index in [1.807, 2.05) is 26.0 Å². The van der Waals surface area contributed by atoms with Gasteiger partial charge in [0.05, 0.1) is 0 Å². The third kappa shape index (κ3) is 2.91. The lowest BCUT2D eigenvalue weighted by Crippen LogP contribution is -2.31. The van der Waals surface area contributed by atoms with Crippen LogP contribution < -0.4 is 0 Å². The van der Waals surface area contributed by atoms with Gasteiger partial charge in [-0.25, -0.2) is 9.97 Å². The molecule has 3 nitrogen and oxygen atoms in total. The zero-order chi connectivity index (χ0) is 17.3. The molecule has 0 bridgehead atoms. The number of rotatable bonds is 3. The summed E-state index contributed by atoms with van der Waals surface area (Å²) >= 11 is 12.4. The van der Waals surface area contributed by atoms with Crippen LogP contribution in [-0.4, -0.2) is 15.1 Å². The molecule has 1 heterocycles. The number of aliphatic hydroxyl groups is 1. The highest BCUT2D eigenvalue weighted by Gasteiger charge is 2.37. The number of hydrogen-bond donors (Lipinski definition) is 1. The lowest BCUT2D eigenvalue weighted by Gasteiger charge is -2.31. The third-order valence-corrected chi connectivity index (χ3v) is 4.60. The van der Waals surface area contributed by atoms with E-state index in [0.717, 1.165) is 0 Å². The van der Waals surface area contributed by atoms with Crippen LogP contribution in [0.25, 0.3) is 0 Å². The first-order chi connectivity index (χ1) is 11.4. The van der Waals surface area contributed by atoms with Crippen LogP contribution in [0.4, 0.5) is 0 Å². The number of aryl methyl sites for hydroxylation is 2. The van der Waals surface area contributed by atoms with Crippen molar-refractivity contribution in [2.45, 2.75) is 19.4 Å². The van der Waals surface area contributed by atoms with Gasteiger partial charge in [0.1, 0.15) is 11.4 Å². The van der Waals surface area contributed by atoms with E-state index in [-0.39, 0.29) is 0 Å². The van der Waals surface area contributed by atoms with E-state index in [0.29, 0.717) is 38.3 Å². The standard InChI is InChI=1S/C19H16Cl2N2O/c1-12-17(11-22-13(2)23-12)19(24,14-7-9-15(20)10-8-14)16-5-3-4-6-18(16)21/h3-11,24H,1-2H3. The van der Waals surface area contributed by atoms with Crippen LogP contribution in [-0.2, 0) is 5.60 Å². The summed E-state index contributed by atoms with van der Waals surface area (Å²) in [6.07, 6.45) is 1.65. The highest BCUT2D eigenvalue weighted by molar-refractivity contribution is 6.31. The minimum atomic E-state index is -1.47. The first-order valence-electron chi connectivity index (χ1n) is 7.47. The highest BCUT2D eigenvalue weighted by Crippen LogP contribution is 2.40. The second kappa shape index (κ2) is 6.52. The van der Waals surface area contributed by atoms with Gasteiger partial charge in [-0.05, 0) is 37.6 Å². The molecule has 0 spiro atoms. The summed E-state index contributed by atoms with van der Waals surface area (Å²) in [6, 6.07) is 14.3. The van der Waals surface area contributed by atoms with Gasteiger partial charge in [-0.15, -0.1) is 0 Å². The molecule has 3 aromatic rings. The smallest absolute Gasteiger partial charge is 0.145 e. The highest BCUT2D eigenvalue weighted by atomic mass is 35.5. The Hall–Kier alpha value is -1.94. The molecular formula is C19H16Cl2N2O. The Morgan fingerprint density at radius 2 is 1.58 bits per heavy atom. The second-order valence-corrected chi connectivity index (χ2v) is 6.46. The Kier molecular flexibility index (Phi) is 4.59. The van der Waals surface area contributed by atoms with Crippen LogP contribution in [0.15, 0.2) is 54.7 Å². The Labute approximate surface area is 150 Å². The van der Waals surface area contributed by atoms with E-state index < -0.39 is 5.60 Å². The molecule has 0 saturated carbocycles. The Balaban J connectivity index is 2.32. The van der Waals surface area contributed by atoms with Crippen LogP contribution in [0.3, 0.4) is 0 Å². The molecule has 0 amide bonds. The van der Waals surface area contributed by atoms with E-state index in [2.05, 4.69) is 9.97 Å². The molecule has 0 saturated heterocycles. The van der Waals surface area contributed by atoms with Gasteiger partial charge in [0.25, 0.3) is 0 Å². The first kappa shape index (κ1) is 16.9. The minimum Gasteiger partial charge on any atom is -0.376 e. The maximum absolute atomic E-state index is 11.8. The SMILES string of the molecule is Cc1ncc(C(O)(c2ccc(Cl)cc2)c2ccccc2Cl)c(C)n1. The molecule has 1 aromatic heterocycles. The maximum atomic E-state index is 11.8. The Morgan fingerprint density at radius 1 is 0.917 bits per heavy atom. The number of hydrogen-bond acceptors (Lipinski definition) is 3. The maximum Gasteiger partial charge on any atom is 0.145 e. The van der Waals surface area contributed by atoms with Crippen molar-refractivity contribution in [2.75, 3.05) is 0 Å². The monoisotopic (exact) mass is 358 g/mol. The molecule has 0 aliphatic rings. The van der Waals surface area contributed by atoms with Crippen molar-refractivity contribution in [3.63, 3.8) is 0 Å². The van der Waals surface area contributed by atoms with Crippen molar-refractivity contribution in [2.24, 2.45) is 0 Å². The predicted octanol–water partition coefficient (Wildman–Crippen LogP) is 4.68. The molecule has 3 rings (SSSR count). The molecule has 2 aromatic carbocycles. The lowest BCUT2D eigenvalue weighted by atomic mass is 9.80. The molecule has 1 N–H and O–H groups in total. The molecule has 0 aliphatic carbocycles. The number of aromatic nitrogens is 2. The average Bonchev–Trinajstić information content (AvgIpc) is 2.55. The van der Waals surface area contributed by atoms with Gasteiger partial charge in [-0.1, -0.05) is 53.5 Å². The topological polar surface area (TPSA) is 46.0 Å². The molecule has 5 heteroatoms. The van der Waals surface area contributed by atoms with Crippen molar-refractivity contribution in [3.8, 4) is 0 Å². The summed E-state index contributed by atoms with van der Waals surface area (Å²) < 4.78 is 0. The van der Waals surface area contributed by atoms with Crippen LogP contribution >= 0.6 is 23.2 Å². The summed E-state index contributed by atoms with van der Waals surface area (Å²) in [5, 5.41) is 12.8. The zero-order valence-corrected chi connectivity index (χ0v) is 14.8. The van der Waals surface area contributed by atoms with Gasteiger partial charge < -0.3 is 5.11 Å². The van der Waals surface area contributed by atoms with Crippen molar-refractivity contribution >= 4 is 23.2 Å². The molecule has 122 valence electrons. The number of halogens is 2. The van der Waals surface area contributed by atoms with Crippen molar-refractivity contribution in [3.05, 3.63) is 93.0 Å². The van der Waals surface area contributed by atoms with Crippen LogP contribution in [0.1, 0.15) is 28.2 Å². The van der Waals surface area contributed by atoms with Crippen LogP contribution in [0.5, 0.6) is 0 Å². The van der Waals surface area contributed by atoms with E-state index in [9.17, 15) is 5.11 Å². The lowest BCUT2D eigenvalue weighted by molar-refractivity contribution is 0.124. The first-order valence-corrected chi connectivity index (χ1v) is 8.22. The van der Waals surface area contributed by atoms with E-state index in [4.69, 9.17) is 23.2 Å². The summed E-state index contributed by atoms with van der Waals surface area (Å²) in [5.41, 5.74) is 1.03. The number of nitrogens with zero attached hydrogens (tertiary/aromatic N) is 2. The van der Waals surface area contributed by atoms with Gasteiger partial charge in [-0.2, -0.15) is 0 Å². The fourth-order valence-electron chi connectivity index (χ4n) is 2.84. The van der Waals surface area contributed by atoms with Crippen LogP contribution in [0, 0.1) is 13.8 Å². The van der Waals surface area contributed by atoms with Crippen molar-refractivity contribution in [1.29, 1.82) is 0 Å². The fraction of sp³-hybridized carbons (Fsp3) is 0.158. The van der Waals surface area contributed by atoms with Crippen molar-refractivity contribution in [1.82, 2.24) is 9.97 Å². The summed E-state index contributed by atoms with van der Waals surface area (Å²) in [4.78, 5) is 8.66. The fourth-order valence-corrected chi connectivity index (χ4v) is 3.24. The molecular weight excluding hydrogens is 343 g/mol. The normalized spacial score (nSPS) is 13.5. The Morgan fingerprint density at radius 3 is 2.21 bits per heavy atom. The van der Waals surface area contributed by atoms with Gasteiger partial charge in [0, 0.05) is 33.1 Å². The third-order valence-electron chi connectivity index (χ3n) is 4.02. The predicted molar refractivity (Wildman–Crippen MR) is 96.5 cm³/mol. The molecule has 1 unspecified atom stereocenters. The zero-order valence-electron chi connectivity index (χ0n) is 13.3. The van der Waals surface area contributed by atoms with Gasteiger partial charge in [0.2, 0.25) is 0 Å². The van der Waals surface area contributed by atoms with E-state index in [1.54, 1.807) is 42.6 Å². The van der Waals surface area contributed by atoms with Gasteiger partial charge in [-0.3, -0.25) is 0 Å². The summed E-state index contributed by atoms with van der Waals surface area (Å²) in [5.74, 6) is 0.647. The van der Waals surface area contributed by atoms with E-state index in [1.165, 1.54) is 0 Å². The Bertz CT molecular complexity index is 881. The quantitative estimate of drug-likeness (QED) is 0.738. The number of benzene rings is 2. The summed E-state index contributed by atoms with van der Waals surface area (Å²) in [7, 11) is 0. The van der Waals surface area contributed by atoms with Gasteiger partial charge in [0.15, 0.2) is 0 Å². The van der Waals surface area contributed by atoms with E-state index >= 15 is 0 Å². The molecule has 1 atom stereocenters.